The first-order valence-corrected chi connectivity index (χ1v) is 3.55. The van der Waals surface area contributed by atoms with Gasteiger partial charge >= 0.3 is 5.97 Å². The monoisotopic (exact) mass is 157 g/mol. The Kier molecular flexibility index (Phi) is 2.12. The van der Waals surface area contributed by atoms with Crippen molar-refractivity contribution in [1.29, 1.82) is 0 Å². The van der Waals surface area contributed by atoms with Crippen molar-refractivity contribution in [3.8, 4) is 0 Å². The zero-order chi connectivity index (χ0) is 8.32. The second-order valence-corrected chi connectivity index (χ2v) is 2.69. The van der Waals surface area contributed by atoms with Gasteiger partial charge in [0.25, 0.3) is 0 Å². The van der Waals surface area contributed by atoms with E-state index < -0.39 is 5.54 Å². The summed E-state index contributed by atoms with van der Waals surface area (Å²) in [6.45, 7) is 0. The van der Waals surface area contributed by atoms with Crippen molar-refractivity contribution < 1.29 is 14.3 Å². The SMILES string of the molecule is COC(=O)C1(NC=O)CCC1. The molecule has 0 aromatic carbocycles. The van der Waals surface area contributed by atoms with Crippen LogP contribution in [0.5, 0.6) is 0 Å². The summed E-state index contributed by atoms with van der Waals surface area (Å²) in [5.74, 6) is -0.337. The van der Waals surface area contributed by atoms with Crippen LogP contribution in [0.3, 0.4) is 0 Å². The van der Waals surface area contributed by atoms with Crippen molar-refractivity contribution in [3.05, 3.63) is 0 Å². The molecule has 0 bridgehead atoms. The largest absolute Gasteiger partial charge is 0.467 e. The Labute approximate surface area is 64.9 Å². The van der Waals surface area contributed by atoms with Crippen LogP contribution in [0.2, 0.25) is 0 Å². The van der Waals surface area contributed by atoms with Gasteiger partial charge in [-0.15, -0.1) is 0 Å². The highest BCUT2D eigenvalue weighted by atomic mass is 16.5. The lowest BCUT2D eigenvalue weighted by Gasteiger charge is -2.37. The van der Waals surface area contributed by atoms with Crippen LogP contribution in [-0.4, -0.2) is 25.0 Å². The molecule has 0 aromatic heterocycles. The van der Waals surface area contributed by atoms with Gasteiger partial charge < -0.3 is 10.1 Å². The molecule has 1 amide bonds. The van der Waals surface area contributed by atoms with Crippen LogP contribution in [0.1, 0.15) is 19.3 Å². The molecule has 0 radical (unpaired) electrons. The van der Waals surface area contributed by atoms with Crippen LogP contribution in [0, 0.1) is 0 Å². The third kappa shape index (κ3) is 1.20. The zero-order valence-corrected chi connectivity index (χ0v) is 6.42. The summed E-state index contributed by atoms with van der Waals surface area (Å²) in [5.41, 5.74) is -0.698. The topological polar surface area (TPSA) is 55.4 Å². The minimum Gasteiger partial charge on any atom is -0.467 e. The third-order valence-corrected chi connectivity index (χ3v) is 2.12. The van der Waals surface area contributed by atoms with Crippen molar-refractivity contribution in [2.75, 3.05) is 7.11 Å². The van der Waals surface area contributed by atoms with E-state index in [4.69, 9.17) is 0 Å². The molecule has 1 rings (SSSR count). The number of rotatable bonds is 3. The molecule has 0 spiro atoms. The minimum atomic E-state index is -0.698. The van der Waals surface area contributed by atoms with Crippen LogP contribution < -0.4 is 5.32 Å². The molecule has 4 nitrogen and oxygen atoms in total. The number of nitrogens with one attached hydrogen (secondary N) is 1. The molecule has 1 aliphatic carbocycles. The molecule has 0 aromatic rings. The quantitative estimate of drug-likeness (QED) is 0.457. The van der Waals surface area contributed by atoms with E-state index >= 15 is 0 Å². The second-order valence-electron chi connectivity index (χ2n) is 2.69. The molecule has 0 atom stereocenters. The maximum atomic E-state index is 11.1. The van der Waals surface area contributed by atoms with Gasteiger partial charge in [0.1, 0.15) is 5.54 Å². The van der Waals surface area contributed by atoms with Crippen molar-refractivity contribution in [3.63, 3.8) is 0 Å². The van der Waals surface area contributed by atoms with Crippen LogP contribution in [0.15, 0.2) is 0 Å². The molecule has 62 valence electrons. The number of hydrogen-bond acceptors (Lipinski definition) is 3. The average Bonchev–Trinajstić information content (AvgIpc) is 1.95. The van der Waals surface area contributed by atoms with Crippen molar-refractivity contribution in [2.45, 2.75) is 24.8 Å². The van der Waals surface area contributed by atoms with E-state index in [2.05, 4.69) is 10.1 Å². The van der Waals surface area contributed by atoms with Crippen LogP contribution >= 0.6 is 0 Å². The number of methoxy groups -OCH3 is 1. The number of ether oxygens (including phenoxy) is 1. The smallest absolute Gasteiger partial charge is 0.331 e. The summed E-state index contributed by atoms with van der Waals surface area (Å²) in [5, 5.41) is 2.49. The molecule has 1 aliphatic rings. The number of carbonyl (C=O) groups excluding carboxylic acids is 2. The summed E-state index contributed by atoms with van der Waals surface area (Å²) in [6.07, 6.45) is 2.91. The van der Waals surface area contributed by atoms with Crippen molar-refractivity contribution >= 4 is 12.4 Å². The first kappa shape index (κ1) is 8.04. The molecule has 1 fully saturated rings. The van der Waals surface area contributed by atoms with Crippen molar-refractivity contribution in [1.82, 2.24) is 5.32 Å². The predicted molar refractivity (Wildman–Crippen MR) is 37.8 cm³/mol. The predicted octanol–water partition coefficient (Wildman–Crippen LogP) is -0.172. The van der Waals surface area contributed by atoms with Crippen LogP contribution in [0.4, 0.5) is 0 Å². The molecule has 1 N–H and O–H groups in total. The Morgan fingerprint density at radius 3 is 2.55 bits per heavy atom. The van der Waals surface area contributed by atoms with E-state index in [1.54, 1.807) is 0 Å². The molecule has 1 saturated carbocycles. The lowest BCUT2D eigenvalue weighted by atomic mass is 9.77. The molecule has 4 heteroatoms. The lowest BCUT2D eigenvalue weighted by molar-refractivity contribution is -0.153. The van der Waals surface area contributed by atoms with Gasteiger partial charge in [0.05, 0.1) is 7.11 Å². The molecule has 0 aliphatic heterocycles. The number of amides is 1. The summed E-state index contributed by atoms with van der Waals surface area (Å²) in [4.78, 5) is 21.2. The third-order valence-electron chi connectivity index (χ3n) is 2.12. The fourth-order valence-corrected chi connectivity index (χ4v) is 1.25. The van der Waals surface area contributed by atoms with Gasteiger partial charge in [0.15, 0.2) is 0 Å². The summed E-state index contributed by atoms with van der Waals surface area (Å²) >= 11 is 0. The molecule has 0 heterocycles. The van der Waals surface area contributed by atoms with Crippen molar-refractivity contribution in [2.24, 2.45) is 0 Å². The molecular weight excluding hydrogens is 146 g/mol. The van der Waals surface area contributed by atoms with E-state index in [1.807, 2.05) is 0 Å². The van der Waals surface area contributed by atoms with Crippen LogP contribution in [0.25, 0.3) is 0 Å². The highest BCUT2D eigenvalue weighted by Crippen LogP contribution is 2.32. The van der Waals surface area contributed by atoms with Gasteiger partial charge in [-0.25, -0.2) is 4.79 Å². The Bertz CT molecular complexity index is 175. The number of carbonyl (C=O) groups is 2. The lowest BCUT2D eigenvalue weighted by Crippen LogP contribution is -2.57. The van der Waals surface area contributed by atoms with Gasteiger partial charge in [-0.05, 0) is 19.3 Å². The van der Waals surface area contributed by atoms with E-state index in [0.29, 0.717) is 19.3 Å². The Morgan fingerprint density at radius 1 is 1.64 bits per heavy atom. The summed E-state index contributed by atoms with van der Waals surface area (Å²) in [6, 6.07) is 0. The van der Waals surface area contributed by atoms with E-state index in [1.165, 1.54) is 7.11 Å². The van der Waals surface area contributed by atoms with Gasteiger partial charge in [-0.2, -0.15) is 0 Å². The Balaban J connectivity index is 2.59. The molecule has 11 heavy (non-hydrogen) atoms. The number of hydrogen-bond donors (Lipinski definition) is 1. The highest BCUT2D eigenvalue weighted by molar-refractivity contribution is 5.84. The van der Waals surface area contributed by atoms with Gasteiger partial charge in [-0.1, -0.05) is 0 Å². The summed E-state index contributed by atoms with van der Waals surface area (Å²) < 4.78 is 4.55. The zero-order valence-electron chi connectivity index (χ0n) is 6.42. The maximum Gasteiger partial charge on any atom is 0.331 e. The average molecular weight is 157 g/mol. The van der Waals surface area contributed by atoms with Gasteiger partial charge in [0, 0.05) is 0 Å². The Morgan fingerprint density at radius 2 is 2.27 bits per heavy atom. The van der Waals surface area contributed by atoms with Gasteiger partial charge in [-0.3, -0.25) is 4.79 Å². The molecule has 0 unspecified atom stereocenters. The van der Waals surface area contributed by atoms with E-state index in [9.17, 15) is 9.59 Å². The molecule has 0 saturated heterocycles. The van der Waals surface area contributed by atoms with Gasteiger partial charge in [0.2, 0.25) is 6.41 Å². The molecular formula is C7H11NO3. The summed E-state index contributed by atoms with van der Waals surface area (Å²) in [7, 11) is 1.33. The normalized spacial score (nSPS) is 19.7. The minimum absolute atomic E-state index is 0.337. The fourth-order valence-electron chi connectivity index (χ4n) is 1.25. The van der Waals surface area contributed by atoms with Crippen LogP contribution in [-0.2, 0) is 14.3 Å². The standard InChI is InChI=1S/C7H11NO3/c1-11-6(10)7(8-5-9)3-2-4-7/h5H,2-4H2,1H3,(H,8,9). The highest BCUT2D eigenvalue weighted by Gasteiger charge is 2.44. The van der Waals surface area contributed by atoms with E-state index in [-0.39, 0.29) is 5.97 Å². The van der Waals surface area contributed by atoms with E-state index in [0.717, 1.165) is 6.42 Å². The fraction of sp³-hybridized carbons (Fsp3) is 0.714. The Hall–Kier alpha value is -1.06. The first-order valence-electron chi connectivity index (χ1n) is 3.55. The number of esters is 1. The first-order chi connectivity index (χ1) is 5.25. The maximum absolute atomic E-state index is 11.1. The second kappa shape index (κ2) is 2.90.